The van der Waals surface area contributed by atoms with Crippen molar-refractivity contribution in [1.29, 1.82) is 0 Å². The SMILES string of the molecule is COc1ccc(OC)c(COc2ccc3nc[nH]c(=O)c3c2)c1. The van der Waals surface area contributed by atoms with Gasteiger partial charge in [-0.05, 0) is 36.4 Å². The van der Waals surface area contributed by atoms with Gasteiger partial charge in [-0.25, -0.2) is 4.98 Å². The number of aromatic amines is 1. The molecule has 1 aromatic heterocycles. The average molecular weight is 312 g/mol. The standard InChI is InChI=1S/C17H16N2O4/c1-21-12-4-6-16(22-2)11(7-12)9-23-13-3-5-15-14(8-13)17(20)19-10-18-15/h3-8,10H,9H2,1-2H3,(H,18,19,20). The van der Waals surface area contributed by atoms with E-state index in [2.05, 4.69) is 9.97 Å². The molecule has 1 heterocycles. The van der Waals surface area contributed by atoms with Crippen LogP contribution in [0.25, 0.3) is 10.9 Å². The smallest absolute Gasteiger partial charge is 0.258 e. The van der Waals surface area contributed by atoms with Gasteiger partial charge in [0.15, 0.2) is 0 Å². The van der Waals surface area contributed by atoms with E-state index in [9.17, 15) is 4.79 Å². The Morgan fingerprint density at radius 3 is 2.65 bits per heavy atom. The molecule has 0 aliphatic heterocycles. The highest BCUT2D eigenvalue weighted by atomic mass is 16.5. The fourth-order valence-corrected chi connectivity index (χ4v) is 2.29. The first-order valence-electron chi connectivity index (χ1n) is 7.02. The van der Waals surface area contributed by atoms with E-state index < -0.39 is 0 Å². The minimum absolute atomic E-state index is 0.195. The van der Waals surface area contributed by atoms with E-state index in [0.717, 1.165) is 11.3 Å². The van der Waals surface area contributed by atoms with E-state index in [1.807, 2.05) is 18.2 Å². The third-order valence-corrected chi connectivity index (χ3v) is 3.49. The molecule has 0 saturated carbocycles. The van der Waals surface area contributed by atoms with Crippen LogP contribution in [-0.2, 0) is 6.61 Å². The van der Waals surface area contributed by atoms with Gasteiger partial charge in [0.1, 0.15) is 23.9 Å². The lowest BCUT2D eigenvalue weighted by atomic mass is 10.2. The van der Waals surface area contributed by atoms with Crippen molar-refractivity contribution in [3.63, 3.8) is 0 Å². The van der Waals surface area contributed by atoms with Crippen LogP contribution in [-0.4, -0.2) is 24.2 Å². The van der Waals surface area contributed by atoms with Crippen LogP contribution in [0.5, 0.6) is 17.2 Å². The quantitative estimate of drug-likeness (QED) is 0.783. The van der Waals surface area contributed by atoms with Gasteiger partial charge in [-0.3, -0.25) is 4.79 Å². The maximum atomic E-state index is 11.8. The van der Waals surface area contributed by atoms with E-state index >= 15 is 0 Å². The lowest BCUT2D eigenvalue weighted by molar-refractivity contribution is 0.295. The molecule has 0 aliphatic rings. The van der Waals surface area contributed by atoms with Crippen LogP contribution >= 0.6 is 0 Å². The van der Waals surface area contributed by atoms with Gasteiger partial charge in [-0.1, -0.05) is 0 Å². The van der Waals surface area contributed by atoms with Crippen molar-refractivity contribution >= 4 is 10.9 Å². The zero-order chi connectivity index (χ0) is 16.2. The van der Waals surface area contributed by atoms with E-state index in [-0.39, 0.29) is 5.56 Å². The molecule has 0 saturated heterocycles. The third-order valence-electron chi connectivity index (χ3n) is 3.49. The number of hydrogen-bond acceptors (Lipinski definition) is 5. The first kappa shape index (κ1) is 14.9. The van der Waals surface area contributed by atoms with Crippen LogP contribution in [0.1, 0.15) is 5.56 Å². The van der Waals surface area contributed by atoms with Gasteiger partial charge in [-0.15, -0.1) is 0 Å². The minimum Gasteiger partial charge on any atom is -0.497 e. The monoisotopic (exact) mass is 312 g/mol. The van der Waals surface area contributed by atoms with E-state index in [4.69, 9.17) is 14.2 Å². The van der Waals surface area contributed by atoms with Crippen molar-refractivity contribution in [3.8, 4) is 17.2 Å². The molecule has 23 heavy (non-hydrogen) atoms. The number of rotatable bonds is 5. The highest BCUT2D eigenvalue weighted by Crippen LogP contribution is 2.26. The third kappa shape index (κ3) is 3.11. The van der Waals surface area contributed by atoms with Crippen molar-refractivity contribution in [2.24, 2.45) is 0 Å². The first-order valence-corrected chi connectivity index (χ1v) is 7.02. The summed E-state index contributed by atoms with van der Waals surface area (Å²) in [7, 11) is 3.21. The molecule has 118 valence electrons. The highest BCUT2D eigenvalue weighted by Gasteiger charge is 2.07. The number of hydrogen-bond donors (Lipinski definition) is 1. The van der Waals surface area contributed by atoms with Gasteiger partial charge in [0.25, 0.3) is 5.56 Å². The summed E-state index contributed by atoms with van der Waals surface area (Å²) in [5, 5.41) is 0.489. The van der Waals surface area contributed by atoms with Crippen molar-refractivity contribution in [1.82, 2.24) is 9.97 Å². The molecular weight excluding hydrogens is 296 g/mol. The van der Waals surface area contributed by atoms with Crippen molar-refractivity contribution < 1.29 is 14.2 Å². The molecule has 3 aromatic rings. The summed E-state index contributed by atoms with van der Waals surface area (Å²) < 4.78 is 16.3. The normalized spacial score (nSPS) is 10.5. The summed E-state index contributed by atoms with van der Waals surface area (Å²) in [5.74, 6) is 2.02. The van der Waals surface area contributed by atoms with Gasteiger partial charge in [0.2, 0.25) is 0 Å². The number of fused-ring (bicyclic) bond motifs is 1. The molecule has 0 radical (unpaired) electrons. The minimum atomic E-state index is -0.195. The fraction of sp³-hybridized carbons (Fsp3) is 0.176. The molecule has 0 aliphatic carbocycles. The Morgan fingerprint density at radius 2 is 1.87 bits per heavy atom. The second-order valence-electron chi connectivity index (χ2n) is 4.88. The molecule has 0 bridgehead atoms. The molecule has 3 rings (SSSR count). The topological polar surface area (TPSA) is 73.4 Å². The molecule has 0 atom stereocenters. The summed E-state index contributed by atoms with van der Waals surface area (Å²) in [6.07, 6.45) is 1.38. The second kappa shape index (κ2) is 6.39. The Bertz CT molecular complexity index is 889. The van der Waals surface area contributed by atoms with Crippen molar-refractivity contribution in [3.05, 3.63) is 58.6 Å². The van der Waals surface area contributed by atoms with Gasteiger partial charge in [0.05, 0.1) is 31.4 Å². The number of methoxy groups -OCH3 is 2. The average Bonchev–Trinajstić information content (AvgIpc) is 2.60. The van der Waals surface area contributed by atoms with Gasteiger partial charge in [0, 0.05) is 5.56 Å². The zero-order valence-corrected chi connectivity index (χ0v) is 12.8. The van der Waals surface area contributed by atoms with E-state index in [1.165, 1.54) is 6.33 Å². The molecule has 1 N–H and O–H groups in total. The highest BCUT2D eigenvalue weighted by molar-refractivity contribution is 5.78. The summed E-state index contributed by atoms with van der Waals surface area (Å²) in [6.45, 7) is 0.296. The lowest BCUT2D eigenvalue weighted by Gasteiger charge is -2.12. The molecule has 0 fully saturated rings. The Kier molecular flexibility index (Phi) is 4.14. The maximum Gasteiger partial charge on any atom is 0.258 e. The summed E-state index contributed by atoms with van der Waals surface area (Å²) >= 11 is 0. The largest absolute Gasteiger partial charge is 0.497 e. The molecule has 6 heteroatoms. The van der Waals surface area contributed by atoms with Gasteiger partial charge in [-0.2, -0.15) is 0 Å². The van der Waals surface area contributed by atoms with Crippen molar-refractivity contribution in [2.75, 3.05) is 14.2 Å². The first-order chi connectivity index (χ1) is 11.2. The maximum absolute atomic E-state index is 11.8. The van der Waals surface area contributed by atoms with Crippen LogP contribution in [0, 0.1) is 0 Å². The summed E-state index contributed by atoms with van der Waals surface area (Å²) in [6, 6.07) is 10.7. The van der Waals surface area contributed by atoms with Gasteiger partial charge >= 0.3 is 0 Å². The molecule has 0 amide bonds. The fourth-order valence-electron chi connectivity index (χ4n) is 2.29. The van der Waals surface area contributed by atoms with E-state index in [0.29, 0.717) is 29.0 Å². The predicted molar refractivity (Wildman–Crippen MR) is 86.2 cm³/mol. The number of ether oxygens (including phenoxy) is 3. The Hall–Kier alpha value is -3.02. The summed E-state index contributed by atoms with van der Waals surface area (Å²) in [5.41, 5.74) is 1.28. The van der Waals surface area contributed by atoms with Crippen LogP contribution in [0.15, 0.2) is 47.5 Å². The number of H-pyrrole nitrogens is 1. The van der Waals surface area contributed by atoms with Gasteiger partial charge < -0.3 is 19.2 Å². The second-order valence-corrected chi connectivity index (χ2v) is 4.88. The lowest BCUT2D eigenvalue weighted by Crippen LogP contribution is -2.06. The Balaban J connectivity index is 1.86. The summed E-state index contributed by atoms with van der Waals surface area (Å²) in [4.78, 5) is 18.5. The number of nitrogens with one attached hydrogen (secondary N) is 1. The molecule has 0 unspecified atom stereocenters. The molecule has 2 aromatic carbocycles. The van der Waals surface area contributed by atoms with Crippen LogP contribution < -0.4 is 19.8 Å². The predicted octanol–water partition coefficient (Wildman–Crippen LogP) is 2.52. The van der Waals surface area contributed by atoms with E-state index in [1.54, 1.807) is 32.4 Å². The van der Waals surface area contributed by atoms with Crippen LogP contribution in [0.4, 0.5) is 0 Å². The molecule has 0 spiro atoms. The number of benzene rings is 2. The Labute approximate surface area is 132 Å². The van der Waals surface area contributed by atoms with Crippen LogP contribution in [0.2, 0.25) is 0 Å². The number of aromatic nitrogens is 2. The zero-order valence-electron chi connectivity index (χ0n) is 12.8. The number of nitrogens with zero attached hydrogens (tertiary/aromatic N) is 1. The molecule has 6 nitrogen and oxygen atoms in total. The Morgan fingerprint density at radius 1 is 1.04 bits per heavy atom. The molecular formula is C17H16N2O4. The van der Waals surface area contributed by atoms with Crippen LogP contribution in [0.3, 0.4) is 0 Å². The van der Waals surface area contributed by atoms with Crippen molar-refractivity contribution in [2.45, 2.75) is 6.61 Å².